The quantitative estimate of drug-likeness (QED) is 0.678. The van der Waals surface area contributed by atoms with E-state index in [4.69, 9.17) is 0 Å². The van der Waals surface area contributed by atoms with Crippen LogP contribution in [0.2, 0.25) is 0 Å². The third-order valence-electron chi connectivity index (χ3n) is 5.73. The van der Waals surface area contributed by atoms with Crippen molar-refractivity contribution in [3.8, 4) is 0 Å². The van der Waals surface area contributed by atoms with Gasteiger partial charge in [0.15, 0.2) is 0 Å². The summed E-state index contributed by atoms with van der Waals surface area (Å²) in [7, 11) is -1.51. The minimum Gasteiger partial charge on any atom is -0.296 e. The number of rotatable bonds is 4. The van der Waals surface area contributed by atoms with Gasteiger partial charge in [0, 0.05) is 51.0 Å². The van der Waals surface area contributed by atoms with Gasteiger partial charge in [0.05, 0.1) is 10.6 Å². The predicted octanol–water partition coefficient (Wildman–Crippen LogP) is 2.70. The SMILES string of the molecule is Cc1nn(C)c(C)c1CN1CCN(S(=O)(=O)c2ccc3ccccc3c2)CC1. The molecule has 1 aliphatic rings. The number of fused-ring (bicyclic) bond motifs is 1. The molecule has 7 heteroatoms. The summed E-state index contributed by atoms with van der Waals surface area (Å²) in [5.74, 6) is 0. The van der Waals surface area contributed by atoms with E-state index in [1.54, 1.807) is 16.4 Å². The zero-order valence-corrected chi connectivity index (χ0v) is 17.4. The molecule has 0 radical (unpaired) electrons. The fourth-order valence-electron chi connectivity index (χ4n) is 3.87. The summed E-state index contributed by atoms with van der Waals surface area (Å²) < 4.78 is 29.7. The van der Waals surface area contributed by atoms with E-state index in [0.29, 0.717) is 18.0 Å². The zero-order chi connectivity index (χ0) is 19.9. The Morgan fingerprint density at radius 1 is 0.964 bits per heavy atom. The number of piperazine rings is 1. The number of aromatic nitrogens is 2. The van der Waals surface area contributed by atoms with E-state index in [2.05, 4.69) is 16.9 Å². The van der Waals surface area contributed by atoms with Crippen LogP contribution in [0.4, 0.5) is 0 Å². The highest BCUT2D eigenvalue weighted by molar-refractivity contribution is 7.89. The molecule has 0 spiro atoms. The summed E-state index contributed by atoms with van der Waals surface area (Å²) in [6.45, 7) is 7.39. The number of benzene rings is 2. The lowest BCUT2D eigenvalue weighted by atomic mass is 10.1. The van der Waals surface area contributed by atoms with Crippen LogP contribution in [0.3, 0.4) is 0 Å². The monoisotopic (exact) mass is 398 g/mol. The molecule has 2 aromatic carbocycles. The van der Waals surface area contributed by atoms with Crippen LogP contribution in [-0.4, -0.2) is 53.6 Å². The number of aryl methyl sites for hydroxylation is 2. The third-order valence-corrected chi connectivity index (χ3v) is 7.63. The lowest BCUT2D eigenvalue weighted by Crippen LogP contribution is -2.48. The second-order valence-corrected chi connectivity index (χ2v) is 9.40. The average Bonchev–Trinajstić information content (AvgIpc) is 2.94. The van der Waals surface area contributed by atoms with Gasteiger partial charge in [-0.25, -0.2) is 8.42 Å². The molecule has 0 aliphatic carbocycles. The highest BCUT2D eigenvalue weighted by Crippen LogP contribution is 2.23. The Morgan fingerprint density at radius 2 is 1.64 bits per heavy atom. The van der Waals surface area contributed by atoms with Gasteiger partial charge in [0.2, 0.25) is 10.0 Å². The van der Waals surface area contributed by atoms with Gasteiger partial charge >= 0.3 is 0 Å². The third kappa shape index (κ3) is 3.45. The first-order valence-corrected chi connectivity index (χ1v) is 11.0. The summed E-state index contributed by atoms with van der Waals surface area (Å²) in [5.41, 5.74) is 3.46. The van der Waals surface area contributed by atoms with Crippen molar-refractivity contribution in [2.75, 3.05) is 26.2 Å². The van der Waals surface area contributed by atoms with E-state index >= 15 is 0 Å². The first kappa shape index (κ1) is 19.1. The molecule has 0 unspecified atom stereocenters. The van der Waals surface area contributed by atoms with Crippen molar-refractivity contribution >= 4 is 20.8 Å². The molecule has 1 aromatic heterocycles. The molecule has 0 atom stereocenters. The molecular weight excluding hydrogens is 372 g/mol. The van der Waals surface area contributed by atoms with Gasteiger partial charge < -0.3 is 0 Å². The summed E-state index contributed by atoms with van der Waals surface area (Å²) in [6, 6.07) is 13.2. The first-order chi connectivity index (χ1) is 13.4. The second kappa shape index (κ2) is 7.31. The molecule has 28 heavy (non-hydrogen) atoms. The van der Waals surface area contributed by atoms with Gasteiger partial charge in [-0.05, 0) is 36.8 Å². The molecule has 0 bridgehead atoms. The number of hydrogen-bond acceptors (Lipinski definition) is 4. The van der Waals surface area contributed by atoms with Gasteiger partial charge in [-0.1, -0.05) is 30.3 Å². The van der Waals surface area contributed by atoms with Crippen LogP contribution in [0, 0.1) is 13.8 Å². The minimum atomic E-state index is -3.47. The van der Waals surface area contributed by atoms with Crippen molar-refractivity contribution in [1.82, 2.24) is 19.0 Å². The van der Waals surface area contributed by atoms with Gasteiger partial charge in [-0.15, -0.1) is 0 Å². The summed E-state index contributed by atoms with van der Waals surface area (Å²) in [5, 5.41) is 6.48. The van der Waals surface area contributed by atoms with Gasteiger partial charge in [-0.3, -0.25) is 9.58 Å². The van der Waals surface area contributed by atoms with Crippen LogP contribution >= 0.6 is 0 Å². The molecule has 0 amide bonds. The van der Waals surface area contributed by atoms with Crippen LogP contribution in [0.1, 0.15) is 17.0 Å². The first-order valence-electron chi connectivity index (χ1n) is 9.56. The highest BCUT2D eigenvalue weighted by atomic mass is 32.2. The Morgan fingerprint density at radius 3 is 2.29 bits per heavy atom. The maximum absolute atomic E-state index is 13.1. The molecule has 148 valence electrons. The van der Waals surface area contributed by atoms with E-state index in [1.807, 2.05) is 49.0 Å². The molecule has 4 rings (SSSR count). The lowest BCUT2D eigenvalue weighted by Gasteiger charge is -2.34. The van der Waals surface area contributed by atoms with Crippen LogP contribution in [0.15, 0.2) is 47.4 Å². The Labute approximate surface area is 166 Å². The molecule has 2 heterocycles. The molecular formula is C21H26N4O2S. The fourth-order valence-corrected chi connectivity index (χ4v) is 5.33. The number of sulfonamides is 1. The average molecular weight is 399 g/mol. The summed E-state index contributed by atoms with van der Waals surface area (Å²) in [4.78, 5) is 2.68. The van der Waals surface area contributed by atoms with Crippen molar-refractivity contribution in [3.05, 3.63) is 59.4 Å². The second-order valence-electron chi connectivity index (χ2n) is 7.46. The van der Waals surface area contributed by atoms with E-state index in [1.165, 1.54) is 11.3 Å². The molecule has 6 nitrogen and oxygen atoms in total. The van der Waals surface area contributed by atoms with E-state index in [9.17, 15) is 8.42 Å². The van der Waals surface area contributed by atoms with Crippen molar-refractivity contribution in [2.45, 2.75) is 25.3 Å². The van der Waals surface area contributed by atoms with Gasteiger partial charge in [0.25, 0.3) is 0 Å². The van der Waals surface area contributed by atoms with Crippen LogP contribution in [0.5, 0.6) is 0 Å². The normalized spacial score (nSPS) is 16.7. The molecule has 0 saturated carbocycles. The molecule has 0 N–H and O–H groups in total. The lowest BCUT2D eigenvalue weighted by molar-refractivity contribution is 0.181. The van der Waals surface area contributed by atoms with Crippen LogP contribution in [-0.2, 0) is 23.6 Å². The Kier molecular flexibility index (Phi) is 4.99. The number of hydrogen-bond donors (Lipinski definition) is 0. The molecule has 1 aliphatic heterocycles. The van der Waals surface area contributed by atoms with Crippen LogP contribution < -0.4 is 0 Å². The Bertz CT molecular complexity index is 1110. The fraction of sp³-hybridized carbons (Fsp3) is 0.381. The summed E-state index contributed by atoms with van der Waals surface area (Å²) >= 11 is 0. The van der Waals surface area contributed by atoms with Gasteiger partial charge in [0.1, 0.15) is 0 Å². The van der Waals surface area contributed by atoms with E-state index in [-0.39, 0.29) is 0 Å². The zero-order valence-electron chi connectivity index (χ0n) is 16.6. The predicted molar refractivity (Wildman–Crippen MR) is 111 cm³/mol. The van der Waals surface area contributed by atoms with Crippen molar-refractivity contribution in [2.24, 2.45) is 7.05 Å². The maximum atomic E-state index is 13.1. The standard InChI is InChI=1S/C21H26N4O2S/c1-16-21(17(2)23(3)22-16)15-24-10-12-25(13-11-24)28(26,27)20-9-8-18-6-4-5-7-19(18)14-20/h4-9,14H,10-13,15H2,1-3H3. The Balaban J connectivity index is 1.47. The molecule has 1 saturated heterocycles. The minimum absolute atomic E-state index is 0.374. The molecule has 3 aromatic rings. The van der Waals surface area contributed by atoms with Crippen molar-refractivity contribution in [1.29, 1.82) is 0 Å². The smallest absolute Gasteiger partial charge is 0.243 e. The largest absolute Gasteiger partial charge is 0.296 e. The summed E-state index contributed by atoms with van der Waals surface area (Å²) in [6.07, 6.45) is 0. The molecule has 1 fully saturated rings. The van der Waals surface area contributed by atoms with Crippen LogP contribution in [0.25, 0.3) is 10.8 Å². The topological polar surface area (TPSA) is 58.4 Å². The maximum Gasteiger partial charge on any atom is 0.243 e. The van der Waals surface area contributed by atoms with Crippen molar-refractivity contribution < 1.29 is 8.42 Å². The van der Waals surface area contributed by atoms with E-state index in [0.717, 1.165) is 36.1 Å². The Hall–Kier alpha value is -2.22. The highest BCUT2D eigenvalue weighted by Gasteiger charge is 2.29. The van der Waals surface area contributed by atoms with Crippen molar-refractivity contribution in [3.63, 3.8) is 0 Å². The number of nitrogens with zero attached hydrogens (tertiary/aromatic N) is 4. The van der Waals surface area contributed by atoms with E-state index < -0.39 is 10.0 Å². The van der Waals surface area contributed by atoms with Gasteiger partial charge in [-0.2, -0.15) is 9.40 Å².